The lowest BCUT2D eigenvalue weighted by Crippen LogP contribution is -2.13. The second-order valence-corrected chi connectivity index (χ2v) is 5.59. The lowest BCUT2D eigenvalue weighted by molar-refractivity contribution is 0.102. The molecule has 2 aromatic carbocycles. The van der Waals surface area contributed by atoms with Crippen LogP contribution in [0.1, 0.15) is 10.4 Å². The second-order valence-electron chi connectivity index (χ2n) is 3.82. The van der Waals surface area contributed by atoms with Crippen molar-refractivity contribution in [3.8, 4) is 0 Å². The van der Waals surface area contributed by atoms with E-state index >= 15 is 0 Å². The summed E-state index contributed by atoms with van der Waals surface area (Å²) in [6.07, 6.45) is 0. The number of hydrogen-bond donors (Lipinski definition) is 2. The van der Waals surface area contributed by atoms with Crippen molar-refractivity contribution < 1.29 is 9.18 Å². The quantitative estimate of drug-likeness (QED) is 0.759. The van der Waals surface area contributed by atoms with E-state index in [0.717, 1.165) is 4.47 Å². The van der Waals surface area contributed by atoms with Gasteiger partial charge in [-0.2, -0.15) is 0 Å². The van der Waals surface area contributed by atoms with E-state index in [-0.39, 0.29) is 5.69 Å². The van der Waals surface area contributed by atoms with Crippen LogP contribution in [0.2, 0.25) is 0 Å². The number of hydrogen-bond acceptors (Lipinski definition) is 2. The third-order valence-electron chi connectivity index (χ3n) is 2.41. The number of nitrogen functional groups attached to an aromatic ring is 1. The van der Waals surface area contributed by atoms with E-state index in [2.05, 4.69) is 37.2 Å². The van der Waals surface area contributed by atoms with Crippen molar-refractivity contribution in [3.05, 3.63) is 56.7 Å². The fourth-order valence-corrected chi connectivity index (χ4v) is 2.73. The minimum Gasteiger partial charge on any atom is -0.399 e. The van der Waals surface area contributed by atoms with Crippen LogP contribution in [-0.4, -0.2) is 5.91 Å². The SMILES string of the molecule is Nc1ccc(F)c(NC(=O)c2ccc(Br)cc2Br)c1. The lowest BCUT2D eigenvalue weighted by Gasteiger charge is -2.08. The fourth-order valence-electron chi connectivity index (χ4n) is 1.50. The Hall–Kier alpha value is -1.40. The van der Waals surface area contributed by atoms with E-state index < -0.39 is 11.7 Å². The van der Waals surface area contributed by atoms with Crippen molar-refractivity contribution in [2.75, 3.05) is 11.1 Å². The van der Waals surface area contributed by atoms with E-state index in [0.29, 0.717) is 15.7 Å². The Bertz CT molecular complexity index is 647. The van der Waals surface area contributed by atoms with E-state index in [4.69, 9.17) is 5.73 Å². The van der Waals surface area contributed by atoms with Crippen molar-refractivity contribution in [1.82, 2.24) is 0 Å². The zero-order valence-electron chi connectivity index (χ0n) is 9.58. The van der Waals surface area contributed by atoms with Crippen LogP contribution in [0.15, 0.2) is 45.3 Å². The smallest absolute Gasteiger partial charge is 0.256 e. The van der Waals surface area contributed by atoms with Crippen LogP contribution >= 0.6 is 31.9 Å². The number of rotatable bonds is 2. The van der Waals surface area contributed by atoms with Gasteiger partial charge in [-0.1, -0.05) is 15.9 Å². The first-order valence-corrected chi connectivity index (χ1v) is 6.87. The Kier molecular flexibility index (Phi) is 4.21. The molecule has 19 heavy (non-hydrogen) atoms. The summed E-state index contributed by atoms with van der Waals surface area (Å²) in [5, 5.41) is 2.49. The van der Waals surface area contributed by atoms with Crippen molar-refractivity contribution in [3.63, 3.8) is 0 Å². The lowest BCUT2D eigenvalue weighted by atomic mass is 10.2. The van der Waals surface area contributed by atoms with Gasteiger partial charge in [0.05, 0.1) is 11.3 Å². The molecule has 3 N–H and O–H groups in total. The Morgan fingerprint density at radius 3 is 2.58 bits per heavy atom. The molecule has 0 radical (unpaired) electrons. The summed E-state index contributed by atoms with van der Waals surface area (Å²) in [7, 11) is 0. The van der Waals surface area contributed by atoms with E-state index in [1.807, 2.05) is 0 Å². The molecule has 0 aliphatic carbocycles. The Morgan fingerprint density at radius 1 is 1.16 bits per heavy atom. The minimum absolute atomic E-state index is 0.0554. The van der Waals surface area contributed by atoms with Crippen LogP contribution < -0.4 is 11.1 Å². The van der Waals surface area contributed by atoms with Crippen LogP contribution in [0.5, 0.6) is 0 Å². The number of anilines is 2. The summed E-state index contributed by atoms with van der Waals surface area (Å²) >= 11 is 6.58. The van der Waals surface area contributed by atoms with Gasteiger partial charge in [0.25, 0.3) is 5.91 Å². The standard InChI is InChI=1S/C13H9Br2FN2O/c14-7-1-3-9(10(15)5-7)13(19)18-12-6-8(17)2-4-11(12)16/h1-6H,17H2,(H,18,19). The number of amides is 1. The van der Waals surface area contributed by atoms with Crippen LogP contribution in [0.3, 0.4) is 0 Å². The molecule has 0 bridgehead atoms. The monoisotopic (exact) mass is 386 g/mol. The molecule has 6 heteroatoms. The Balaban J connectivity index is 2.28. The zero-order chi connectivity index (χ0) is 14.0. The van der Waals surface area contributed by atoms with Gasteiger partial charge in [0, 0.05) is 14.6 Å². The Labute approximate surface area is 126 Å². The third-order valence-corrected chi connectivity index (χ3v) is 3.56. The number of carbonyl (C=O) groups excluding carboxylic acids is 1. The molecule has 0 aliphatic rings. The maximum absolute atomic E-state index is 13.5. The number of carbonyl (C=O) groups is 1. The van der Waals surface area contributed by atoms with Gasteiger partial charge in [0.15, 0.2) is 0 Å². The molecule has 0 atom stereocenters. The maximum Gasteiger partial charge on any atom is 0.256 e. The summed E-state index contributed by atoms with van der Waals surface area (Å²) in [6.45, 7) is 0. The molecule has 0 aliphatic heterocycles. The molecular weight excluding hydrogens is 379 g/mol. The number of benzene rings is 2. The largest absolute Gasteiger partial charge is 0.399 e. The molecular formula is C13H9Br2FN2O. The highest BCUT2D eigenvalue weighted by Crippen LogP contribution is 2.24. The topological polar surface area (TPSA) is 55.1 Å². The third kappa shape index (κ3) is 3.33. The van der Waals surface area contributed by atoms with Crippen LogP contribution in [0.25, 0.3) is 0 Å². The average molecular weight is 388 g/mol. The van der Waals surface area contributed by atoms with Crippen molar-refractivity contribution >= 4 is 49.1 Å². The predicted molar refractivity (Wildman–Crippen MR) is 80.6 cm³/mol. The fraction of sp³-hybridized carbons (Fsp3) is 0. The minimum atomic E-state index is -0.532. The number of nitrogens with two attached hydrogens (primary N) is 1. The van der Waals surface area contributed by atoms with Gasteiger partial charge in [-0.15, -0.1) is 0 Å². The van der Waals surface area contributed by atoms with Crippen molar-refractivity contribution in [1.29, 1.82) is 0 Å². The molecule has 0 saturated heterocycles. The van der Waals surface area contributed by atoms with E-state index in [1.165, 1.54) is 18.2 Å². The molecule has 0 aromatic heterocycles. The predicted octanol–water partition coefficient (Wildman–Crippen LogP) is 4.19. The molecule has 2 aromatic rings. The number of nitrogens with one attached hydrogen (secondary N) is 1. The van der Waals surface area contributed by atoms with Gasteiger partial charge >= 0.3 is 0 Å². The van der Waals surface area contributed by atoms with Gasteiger partial charge in [0.1, 0.15) is 5.82 Å². The summed E-state index contributed by atoms with van der Waals surface area (Å²) in [5.41, 5.74) is 6.40. The second kappa shape index (κ2) is 5.71. The van der Waals surface area contributed by atoms with Crippen molar-refractivity contribution in [2.45, 2.75) is 0 Å². The first-order chi connectivity index (χ1) is 8.97. The maximum atomic E-state index is 13.5. The molecule has 0 saturated carbocycles. The highest BCUT2D eigenvalue weighted by atomic mass is 79.9. The van der Waals surface area contributed by atoms with Gasteiger partial charge < -0.3 is 11.1 Å². The summed E-state index contributed by atoms with van der Waals surface area (Å²) in [5.74, 6) is -0.945. The first-order valence-electron chi connectivity index (χ1n) is 5.29. The summed E-state index contributed by atoms with van der Waals surface area (Å²) < 4.78 is 15.0. The highest BCUT2D eigenvalue weighted by molar-refractivity contribution is 9.11. The van der Waals surface area contributed by atoms with Gasteiger partial charge in [0.2, 0.25) is 0 Å². The molecule has 0 heterocycles. The number of halogens is 3. The summed E-state index contributed by atoms with van der Waals surface area (Å²) in [6, 6.07) is 9.12. The van der Waals surface area contributed by atoms with Crippen LogP contribution in [0, 0.1) is 5.82 Å². The van der Waals surface area contributed by atoms with Gasteiger partial charge in [-0.05, 0) is 52.3 Å². The molecule has 1 amide bonds. The normalized spacial score (nSPS) is 10.3. The van der Waals surface area contributed by atoms with Gasteiger partial charge in [-0.3, -0.25) is 4.79 Å². The molecule has 0 fully saturated rings. The van der Waals surface area contributed by atoms with Crippen LogP contribution in [-0.2, 0) is 0 Å². The molecule has 98 valence electrons. The Morgan fingerprint density at radius 2 is 1.89 bits per heavy atom. The van der Waals surface area contributed by atoms with Crippen LogP contribution in [0.4, 0.5) is 15.8 Å². The molecule has 0 spiro atoms. The zero-order valence-corrected chi connectivity index (χ0v) is 12.8. The van der Waals surface area contributed by atoms with Gasteiger partial charge in [-0.25, -0.2) is 4.39 Å². The van der Waals surface area contributed by atoms with E-state index in [1.54, 1.807) is 18.2 Å². The average Bonchev–Trinajstić information content (AvgIpc) is 2.33. The molecule has 0 unspecified atom stereocenters. The summed E-state index contributed by atoms with van der Waals surface area (Å²) in [4.78, 5) is 12.0. The highest BCUT2D eigenvalue weighted by Gasteiger charge is 2.12. The van der Waals surface area contributed by atoms with Crippen molar-refractivity contribution in [2.24, 2.45) is 0 Å². The first kappa shape index (κ1) is 14.0. The molecule has 2 rings (SSSR count). The van der Waals surface area contributed by atoms with E-state index in [9.17, 15) is 9.18 Å². The molecule has 3 nitrogen and oxygen atoms in total.